The van der Waals surface area contributed by atoms with Crippen molar-refractivity contribution in [1.82, 2.24) is 0 Å². The van der Waals surface area contributed by atoms with Crippen LogP contribution in [0, 0.1) is 13.8 Å². The van der Waals surface area contributed by atoms with Crippen LogP contribution < -0.4 is 9.46 Å². The summed E-state index contributed by atoms with van der Waals surface area (Å²) < 4.78 is 32.9. The van der Waals surface area contributed by atoms with E-state index in [2.05, 4.69) is 4.72 Å². The van der Waals surface area contributed by atoms with E-state index >= 15 is 0 Å². The lowest BCUT2D eigenvalue weighted by atomic mass is 10.1. The Morgan fingerprint density at radius 1 is 1.05 bits per heavy atom. The lowest BCUT2D eigenvalue weighted by Crippen LogP contribution is -2.14. The van der Waals surface area contributed by atoms with Crippen LogP contribution in [-0.2, 0) is 10.0 Å². The molecule has 2 rings (SSSR count). The normalized spacial score (nSPS) is 11.2. The van der Waals surface area contributed by atoms with Crippen molar-refractivity contribution in [2.24, 2.45) is 0 Å². The van der Waals surface area contributed by atoms with Crippen LogP contribution in [-0.4, -0.2) is 15.0 Å². The quantitative estimate of drug-likeness (QED) is 0.919. The molecule has 0 aliphatic rings. The molecule has 0 radical (unpaired) electrons. The molecule has 5 heteroatoms. The van der Waals surface area contributed by atoms with Gasteiger partial charge in [0.2, 0.25) is 0 Å². The van der Waals surface area contributed by atoms with Gasteiger partial charge in [0.05, 0.1) is 17.2 Å². The molecule has 0 unspecified atom stereocenters. The number of benzene rings is 2. The number of anilines is 1. The number of aryl methyl sites for hydroxylation is 2. The molecule has 2 aromatic carbocycles. The van der Waals surface area contributed by atoms with E-state index in [1.165, 1.54) is 0 Å². The fourth-order valence-electron chi connectivity index (χ4n) is 1.92. The van der Waals surface area contributed by atoms with Crippen molar-refractivity contribution in [2.75, 3.05) is 11.3 Å². The first-order chi connectivity index (χ1) is 9.94. The third-order valence-corrected chi connectivity index (χ3v) is 4.58. The molecular weight excluding hydrogens is 286 g/mol. The molecule has 21 heavy (non-hydrogen) atoms. The van der Waals surface area contributed by atoms with Crippen molar-refractivity contribution >= 4 is 15.7 Å². The lowest BCUT2D eigenvalue weighted by Gasteiger charge is -2.13. The van der Waals surface area contributed by atoms with Crippen molar-refractivity contribution < 1.29 is 13.2 Å². The minimum atomic E-state index is -3.62. The van der Waals surface area contributed by atoms with Gasteiger partial charge < -0.3 is 4.74 Å². The Bertz CT molecular complexity index is 739. The van der Waals surface area contributed by atoms with Crippen LogP contribution in [0.4, 0.5) is 5.69 Å². The number of rotatable bonds is 5. The third-order valence-electron chi connectivity index (χ3n) is 3.22. The number of nitrogens with one attached hydrogen (secondary N) is 1. The minimum absolute atomic E-state index is 0.247. The Morgan fingerprint density at radius 3 is 2.43 bits per heavy atom. The largest absolute Gasteiger partial charge is 0.492 e. The zero-order valence-electron chi connectivity index (χ0n) is 12.4. The average Bonchev–Trinajstić information content (AvgIpc) is 2.44. The topological polar surface area (TPSA) is 55.4 Å². The van der Waals surface area contributed by atoms with Crippen LogP contribution in [0.3, 0.4) is 0 Å². The predicted octanol–water partition coefficient (Wildman–Crippen LogP) is 3.50. The summed E-state index contributed by atoms with van der Waals surface area (Å²) in [6, 6.07) is 12.1. The van der Waals surface area contributed by atoms with Gasteiger partial charge in [0.15, 0.2) is 0 Å². The summed E-state index contributed by atoms with van der Waals surface area (Å²) >= 11 is 0. The molecule has 0 amide bonds. The van der Waals surface area contributed by atoms with Crippen LogP contribution in [0.15, 0.2) is 47.4 Å². The van der Waals surface area contributed by atoms with Gasteiger partial charge in [-0.25, -0.2) is 8.42 Å². The van der Waals surface area contributed by atoms with Crippen LogP contribution in [0.25, 0.3) is 0 Å². The average molecular weight is 305 g/mol. The second-order valence-corrected chi connectivity index (χ2v) is 6.46. The smallest absolute Gasteiger partial charge is 0.262 e. The van der Waals surface area contributed by atoms with E-state index in [9.17, 15) is 8.42 Å². The van der Waals surface area contributed by atoms with E-state index in [1.54, 1.807) is 42.5 Å². The summed E-state index contributed by atoms with van der Waals surface area (Å²) in [5.41, 5.74) is 2.44. The number of hydrogen-bond donors (Lipinski definition) is 1. The zero-order valence-corrected chi connectivity index (χ0v) is 13.2. The van der Waals surface area contributed by atoms with E-state index in [0.29, 0.717) is 18.0 Å². The molecule has 0 heterocycles. The first-order valence-corrected chi connectivity index (χ1v) is 8.24. The highest BCUT2D eigenvalue weighted by molar-refractivity contribution is 7.92. The molecular formula is C16H19NO3S. The Kier molecular flexibility index (Phi) is 4.53. The monoisotopic (exact) mass is 305 g/mol. The Balaban J connectivity index is 2.35. The summed E-state index contributed by atoms with van der Waals surface area (Å²) in [5.74, 6) is 0.521. The van der Waals surface area contributed by atoms with Gasteiger partial charge in [0.25, 0.3) is 10.0 Å². The fourth-order valence-corrected chi connectivity index (χ4v) is 3.07. The van der Waals surface area contributed by atoms with E-state index in [-0.39, 0.29) is 4.90 Å². The van der Waals surface area contributed by atoms with E-state index in [0.717, 1.165) is 11.1 Å². The molecule has 0 saturated heterocycles. The molecule has 112 valence electrons. The summed E-state index contributed by atoms with van der Waals surface area (Å²) in [6.07, 6.45) is 0. The van der Waals surface area contributed by atoms with Crippen molar-refractivity contribution in [3.8, 4) is 5.75 Å². The van der Waals surface area contributed by atoms with Gasteiger partial charge in [-0.15, -0.1) is 0 Å². The molecule has 0 aliphatic heterocycles. The first kappa shape index (κ1) is 15.4. The van der Waals surface area contributed by atoms with E-state index in [4.69, 9.17) is 4.74 Å². The van der Waals surface area contributed by atoms with Crippen molar-refractivity contribution in [2.45, 2.75) is 25.7 Å². The van der Waals surface area contributed by atoms with Gasteiger partial charge in [0, 0.05) is 0 Å². The third kappa shape index (κ3) is 3.55. The molecule has 0 aromatic heterocycles. The van der Waals surface area contributed by atoms with Crippen LogP contribution >= 0.6 is 0 Å². The molecule has 0 atom stereocenters. The molecule has 0 aliphatic carbocycles. The Hall–Kier alpha value is -2.01. The first-order valence-electron chi connectivity index (χ1n) is 6.76. The van der Waals surface area contributed by atoms with Gasteiger partial charge >= 0.3 is 0 Å². The summed E-state index contributed by atoms with van der Waals surface area (Å²) in [4.78, 5) is 0.247. The fraction of sp³-hybridized carbons (Fsp3) is 0.250. The summed E-state index contributed by atoms with van der Waals surface area (Å²) in [6.45, 7) is 6.17. The van der Waals surface area contributed by atoms with Crippen LogP contribution in [0.2, 0.25) is 0 Å². The number of hydrogen-bond acceptors (Lipinski definition) is 3. The van der Waals surface area contributed by atoms with E-state index in [1.807, 2.05) is 20.8 Å². The number of sulfonamides is 1. The highest BCUT2D eigenvalue weighted by Gasteiger charge is 2.16. The Morgan fingerprint density at radius 2 is 1.76 bits per heavy atom. The Labute approximate surface area is 125 Å². The van der Waals surface area contributed by atoms with Crippen LogP contribution in [0.5, 0.6) is 5.75 Å². The highest BCUT2D eigenvalue weighted by atomic mass is 32.2. The predicted molar refractivity (Wildman–Crippen MR) is 84.3 cm³/mol. The van der Waals surface area contributed by atoms with Crippen LogP contribution in [0.1, 0.15) is 18.1 Å². The molecule has 0 bridgehead atoms. The van der Waals surface area contributed by atoms with Gasteiger partial charge in [-0.2, -0.15) is 0 Å². The minimum Gasteiger partial charge on any atom is -0.492 e. The maximum absolute atomic E-state index is 12.5. The highest BCUT2D eigenvalue weighted by Crippen LogP contribution is 2.27. The molecule has 1 N–H and O–H groups in total. The van der Waals surface area contributed by atoms with Gasteiger partial charge in [-0.1, -0.05) is 18.2 Å². The molecule has 4 nitrogen and oxygen atoms in total. The molecule has 0 saturated carbocycles. The second kappa shape index (κ2) is 6.18. The number of ether oxygens (including phenoxy) is 1. The molecule has 0 fully saturated rings. The number of para-hydroxylation sites is 2. The van der Waals surface area contributed by atoms with Gasteiger partial charge in [-0.3, -0.25) is 4.72 Å². The van der Waals surface area contributed by atoms with Crippen molar-refractivity contribution in [1.29, 1.82) is 0 Å². The van der Waals surface area contributed by atoms with Gasteiger partial charge in [0.1, 0.15) is 5.75 Å². The summed E-state index contributed by atoms with van der Waals surface area (Å²) in [7, 11) is -3.62. The molecule has 0 spiro atoms. The van der Waals surface area contributed by atoms with Crippen molar-refractivity contribution in [3.05, 3.63) is 53.6 Å². The van der Waals surface area contributed by atoms with E-state index < -0.39 is 10.0 Å². The maximum Gasteiger partial charge on any atom is 0.262 e. The van der Waals surface area contributed by atoms with Gasteiger partial charge in [-0.05, 0) is 56.2 Å². The molecule has 2 aromatic rings. The maximum atomic E-state index is 12.5. The lowest BCUT2D eigenvalue weighted by molar-refractivity contribution is 0.342. The SMILES string of the molecule is CCOc1ccccc1NS(=O)(=O)c1ccc(C)c(C)c1. The zero-order chi connectivity index (χ0) is 15.5. The summed E-state index contributed by atoms with van der Waals surface area (Å²) in [5, 5.41) is 0. The van der Waals surface area contributed by atoms with Crippen molar-refractivity contribution in [3.63, 3.8) is 0 Å². The second-order valence-electron chi connectivity index (χ2n) is 4.78. The standard InChI is InChI=1S/C16H19NO3S/c1-4-20-16-8-6-5-7-15(16)17-21(18,19)14-10-9-12(2)13(3)11-14/h5-11,17H,4H2,1-3H3.